The number of nitrogens with zero attached hydrogens (tertiary/aromatic N) is 3. The summed E-state index contributed by atoms with van der Waals surface area (Å²) in [6.07, 6.45) is -1.62. The Balaban J connectivity index is 2.64. The number of aliphatic carboxylic acids is 1. The summed E-state index contributed by atoms with van der Waals surface area (Å²) in [6.45, 7) is 0.689. The highest BCUT2D eigenvalue weighted by Gasteiger charge is 2.19. The van der Waals surface area contributed by atoms with Gasteiger partial charge < -0.3 is 10.4 Å². The molecule has 1 aromatic heterocycles. The number of amides is 1. The first-order valence-electron chi connectivity index (χ1n) is 4.61. The quantitative estimate of drug-likeness (QED) is 0.748. The molecule has 9 heteroatoms. The van der Waals surface area contributed by atoms with Gasteiger partial charge in [0.25, 0.3) is 12.3 Å². The average Bonchev–Trinajstić information content (AvgIpc) is 2.64. The normalized spacial score (nSPS) is 12.5. The maximum atomic E-state index is 12.1. The molecule has 0 spiro atoms. The number of aromatic nitrogens is 3. The van der Waals surface area contributed by atoms with E-state index in [-0.39, 0.29) is 5.69 Å². The molecule has 17 heavy (non-hydrogen) atoms. The van der Waals surface area contributed by atoms with Crippen molar-refractivity contribution in [3.63, 3.8) is 0 Å². The summed E-state index contributed by atoms with van der Waals surface area (Å²) in [7, 11) is 0. The first kappa shape index (κ1) is 13.0. The van der Waals surface area contributed by atoms with Crippen LogP contribution in [0.5, 0.6) is 0 Å². The predicted molar refractivity (Wildman–Crippen MR) is 50.6 cm³/mol. The van der Waals surface area contributed by atoms with E-state index in [1.165, 1.54) is 0 Å². The number of alkyl halides is 2. The lowest BCUT2D eigenvalue weighted by Gasteiger charge is -2.10. The maximum absolute atomic E-state index is 12.1. The molecule has 1 unspecified atom stereocenters. The first-order chi connectivity index (χ1) is 7.90. The maximum Gasteiger partial charge on any atom is 0.325 e. The second-order valence-electron chi connectivity index (χ2n) is 3.29. The van der Waals surface area contributed by atoms with Crippen LogP contribution in [0.1, 0.15) is 17.4 Å². The number of carbonyl (C=O) groups is 2. The molecule has 1 heterocycles. The number of hydrogen-bond acceptors (Lipinski definition) is 4. The van der Waals surface area contributed by atoms with Crippen molar-refractivity contribution in [1.29, 1.82) is 0 Å². The largest absolute Gasteiger partial charge is 0.480 e. The fourth-order valence-corrected chi connectivity index (χ4v) is 0.962. The molecule has 1 atom stereocenters. The standard InChI is InChI=1S/C8H10F2N4O3/c1-4(7(9)10)11-8(17)5-2-14(13-12-5)3-6(15)16/h2,4,7H,3H2,1H3,(H,11,17)(H,15,16). The molecule has 1 aromatic rings. The molecule has 0 saturated heterocycles. The number of halogens is 2. The molecule has 7 nitrogen and oxygen atoms in total. The first-order valence-corrected chi connectivity index (χ1v) is 4.61. The third-order valence-electron chi connectivity index (χ3n) is 1.81. The third kappa shape index (κ3) is 3.78. The molecule has 94 valence electrons. The topological polar surface area (TPSA) is 97.1 Å². The summed E-state index contributed by atoms with van der Waals surface area (Å²) in [5.41, 5.74) is -0.209. The van der Waals surface area contributed by atoms with Gasteiger partial charge >= 0.3 is 5.97 Å². The van der Waals surface area contributed by atoms with Gasteiger partial charge in [-0.2, -0.15) is 0 Å². The zero-order chi connectivity index (χ0) is 13.0. The van der Waals surface area contributed by atoms with Crippen LogP contribution < -0.4 is 5.32 Å². The highest BCUT2D eigenvalue weighted by Crippen LogP contribution is 2.01. The second-order valence-corrected chi connectivity index (χ2v) is 3.29. The Bertz CT molecular complexity index is 421. The number of rotatable bonds is 5. The number of hydrogen-bond donors (Lipinski definition) is 2. The second kappa shape index (κ2) is 5.32. The van der Waals surface area contributed by atoms with E-state index in [0.29, 0.717) is 0 Å². The van der Waals surface area contributed by atoms with Crippen LogP contribution in [0, 0.1) is 0 Å². The predicted octanol–water partition coefficient (Wildman–Crippen LogP) is -0.254. The highest BCUT2D eigenvalue weighted by molar-refractivity contribution is 5.92. The fraction of sp³-hybridized carbons (Fsp3) is 0.500. The molecule has 0 aliphatic heterocycles. The van der Waals surface area contributed by atoms with Crippen molar-refractivity contribution in [1.82, 2.24) is 20.3 Å². The molecule has 0 fully saturated rings. The number of carbonyl (C=O) groups excluding carboxylic acids is 1. The van der Waals surface area contributed by atoms with Gasteiger partial charge in [-0.05, 0) is 6.92 Å². The van der Waals surface area contributed by atoms with E-state index in [0.717, 1.165) is 17.8 Å². The zero-order valence-electron chi connectivity index (χ0n) is 8.80. The van der Waals surface area contributed by atoms with Crippen molar-refractivity contribution in [3.05, 3.63) is 11.9 Å². The summed E-state index contributed by atoms with van der Waals surface area (Å²) < 4.78 is 25.2. The van der Waals surface area contributed by atoms with Gasteiger partial charge in [-0.1, -0.05) is 5.21 Å². The van der Waals surface area contributed by atoms with E-state index in [1.54, 1.807) is 0 Å². The van der Waals surface area contributed by atoms with E-state index < -0.39 is 30.9 Å². The highest BCUT2D eigenvalue weighted by atomic mass is 19.3. The Kier molecular flexibility index (Phi) is 4.07. The van der Waals surface area contributed by atoms with Gasteiger partial charge in [0.2, 0.25) is 0 Å². The van der Waals surface area contributed by atoms with Crippen molar-refractivity contribution in [2.75, 3.05) is 0 Å². The summed E-state index contributed by atoms with van der Waals surface area (Å²) in [5, 5.41) is 17.2. The minimum Gasteiger partial charge on any atom is -0.480 e. The lowest BCUT2D eigenvalue weighted by molar-refractivity contribution is -0.137. The molecule has 1 amide bonds. The van der Waals surface area contributed by atoms with Gasteiger partial charge in [-0.3, -0.25) is 9.59 Å². The van der Waals surface area contributed by atoms with Gasteiger partial charge in [0.05, 0.1) is 12.2 Å². The number of carboxylic acids is 1. The van der Waals surface area contributed by atoms with Crippen molar-refractivity contribution < 1.29 is 23.5 Å². The molecular weight excluding hydrogens is 238 g/mol. The average molecular weight is 248 g/mol. The van der Waals surface area contributed by atoms with Gasteiger partial charge in [0, 0.05) is 0 Å². The van der Waals surface area contributed by atoms with Crippen molar-refractivity contribution in [3.8, 4) is 0 Å². The molecule has 0 aromatic carbocycles. The van der Waals surface area contributed by atoms with Crippen LogP contribution in [0.3, 0.4) is 0 Å². The van der Waals surface area contributed by atoms with Gasteiger partial charge in [-0.25, -0.2) is 13.5 Å². The Morgan fingerprint density at radius 3 is 2.76 bits per heavy atom. The van der Waals surface area contributed by atoms with Crippen molar-refractivity contribution in [2.45, 2.75) is 25.9 Å². The van der Waals surface area contributed by atoms with Crippen LogP contribution in [0.2, 0.25) is 0 Å². The third-order valence-corrected chi connectivity index (χ3v) is 1.81. The summed E-state index contributed by atoms with van der Waals surface area (Å²) in [6, 6.07) is -1.31. The van der Waals surface area contributed by atoms with Gasteiger partial charge in [0.1, 0.15) is 6.54 Å². The Morgan fingerprint density at radius 1 is 1.59 bits per heavy atom. The Hall–Kier alpha value is -2.06. The van der Waals surface area contributed by atoms with E-state index in [2.05, 4.69) is 10.3 Å². The lowest BCUT2D eigenvalue weighted by Crippen LogP contribution is -2.37. The minimum absolute atomic E-state index is 0.209. The molecule has 0 radical (unpaired) electrons. The minimum atomic E-state index is -2.69. The molecule has 0 aliphatic rings. The van der Waals surface area contributed by atoms with Crippen molar-refractivity contribution >= 4 is 11.9 Å². The smallest absolute Gasteiger partial charge is 0.325 e. The van der Waals surface area contributed by atoms with Gasteiger partial charge in [-0.15, -0.1) is 5.10 Å². The fourth-order valence-electron chi connectivity index (χ4n) is 0.962. The molecule has 0 bridgehead atoms. The van der Waals surface area contributed by atoms with E-state index in [9.17, 15) is 18.4 Å². The van der Waals surface area contributed by atoms with Crippen molar-refractivity contribution in [2.24, 2.45) is 0 Å². The van der Waals surface area contributed by atoms with Crippen LogP contribution >= 0.6 is 0 Å². The van der Waals surface area contributed by atoms with Crippen LogP contribution in [0.25, 0.3) is 0 Å². The Labute approximate surface area is 94.4 Å². The van der Waals surface area contributed by atoms with E-state index in [4.69, 9.17) is 5.11 Å². The molecule has 0 saturated carbocycles. The summed E-state index contributed by atoms with van der Waals surface area (Å²) in [4.78, 5) is 21.7. The molecule has 0 aliphatic carbocycles. The lowest BCUT2D eigenvalue weighted by atomic mass is 10.3. The Morgan fingerprint density at radius 2 is 2.24 bits per heavy atom. The molecular formula is C8H10F2N4O3. The van der Waals surface area contributed by atoms with Gasteiger partial charge in [0.15, 0.2) is 5.69 Å². The van der Waals surface area contributed by atoms with Crippen LogP contribution in [0.4, 0.5) is 8.78 Å². The number of nitrogens with one attached hydrogen (secondary N) is 1. The monoisotopic (exact) mass is 248 g/mol. The van der Waals surface area contributed by atoms with E-state index >= 15 is 0 Å². The zero-order valence-corrected chi connectivity index (χ0v) is 8.80. The van der Waals surface area contributed by atoms with Crippen LogP contribution in [-0.4, -0.2) is 44.4 Å². The van der Waals surface area contributed by atoms with Crippen LogP contribution in [-0.2, 0) is 11.3 Å². The summed E-state index contributed by atoms with van der Waals surface area (Å²) in [5.74, 6) is -1.97. The number of carboxylic acid groups (broad SMARTS) is 1. The van der Waals surface area contributed by atoms with E-state index in [1.807, 2.05) is 5.32 Å². The molecule has 2 N–H and O–H groups in total. The SMILES string of the molecule is CC(NC(=O)c1cn(CC(=O)O)nn1)C(F)F. The van der Waals surface area contributed by atoms with Crippen LogP contribution in [0.15, 0.2) is 6.20 Å². The summed E-state index contributed by atoms with van der Waals surface area (Å²) >= 11 is 0. The molecule has 1 rings (SSSR count).